The summed E-state index contributed by atoms with van der Waals surface area (Å²) in [5.74, 6) is 0.822. The highest BCUT2D eigenvalue weighted by Crippen LogP contribution is 2.14. The third kappa shape index (κ3) is 2.77. The fraction of sp³-hybridized carbons (Fsp3) is 0.615. The van der Waals surface area contributed by atoms with Crippen molar-refractivity contribution in [3.63, 3.8) is 0 Å². The van der Waals surface area contributed by atoms with Crippen molar-refractivity contribution >= 4 is 17.5 Å². The van der Waals surface area contributed by atoms with E-state index in [0.717, 1.165) is 18.9 Å². The minimum Gasteiger partial charge on any atom is -0.378 e. The Morgan fingerprint density at radius 2 is 1.74 bits per heavy atom. The average Bonchev–Trinajstić information content (AvgIpc) is 3.10. The zero-order valence-electron chi connectivity index (χ0n) is 12.7. The van der Waals surface area contributed by atoms with Crippen LogP contribution in [-0.2, 0) is 4.74 Å². The van der Waals surface area contributed by atoms with Crippen LogP contribution in [0.5, 0.6) is 0 Å². The van der Waals surface area contributed by atoms with Gasteiger partial charge in [0.2, 0.25) is 0 Å². The molecule has 2 aliphatic rings. The molecule has 4 rings (SSSR count). The van der Waals surface area contributed by atoms with Gasteiger partial charge in [-0.1, -0.05) is 0 Å². The first-order valence-corrected chi connectivity index (χ1v) is 7.73. The van der Waals surface area contributed by atoms with E-state index in [9.17, 15) is 4.79 Å². The number of carbonyl (C=O) groups is 1. The predicted octanol–water partition coefficient (Wildman–Crippen LogP) is -0.906. The smallest absolute Gasteiger partial charge is 0.320 e. The monoisotopic (exact) mass is 318 g/mol. The van der Waals surface area contributed by atoms with Gasteiger partial charge < -0.3 is 19.4 Å². The van der Waals surface area contributed by atoms with Crippen molar-refractivity contribution in [3.8, 4) is 0 Å². The van der Waals surface area contributed by atoms with Crippen LogP contribution in [0.2, 0.25) is 0 Å². The Hall–Kier alpha value is -2.49. The molecule has 122 valence electrons. The number of anilines is 1. The number of fused-ring (bicyclic) bond motifs is 1. The van der Waals surface area contributed by atoms with Crippen LogP contribution in [0.15, 0.2) is 12.1 Å². The largest absolute Gasteiger partial charge is 0.378 e. The minimum absolute atomic E-state index is 0.108. The third-order valence-corrected chi connectivity index (χ3v) is 4.21. The minimum atomic E-state index is 0.108. The van der Waals surface area contributed by atoms with Crippen molar-refractivity contribution in [1.82, 2.24) is 35.1 Å². The number of hydrogen-bond acceptors (Lipinski definition) is 7. The van der Waals surface area contributed by atoms with Crippen molar-refractivity contribution in [3.05, 3.63) is 12.1 Å². The standard InChI is InChI=1S/C13H18N8O2/c22-13(20-7-9-23-10-8-20)19-5-3-18(4-6-19)12-2-1-11-14-16-17-21(11)15-12/h1-2H,3-10H2. The number of ether oxygens (including phenoxy) is 1. The van der Waals surface area contributed by atoms with E-state index in [-0.39, 0.29) is 6.03 Å². The van der Waals surface area contributed by atoms with E-state index in [0.29, 0.717) is 45.0 Å². The highest BCUT2D eigenvalue weighted by Gasteiger charge is 2.26. The van der Waals surface area contributed by atoms with Gasteiger partial charge in [-0.3, -0.25) is 0 Å². The zero-order chi connectivity index (χ0) is 15.6. The number of tetrazole rings is 1. The van der Waals surface area contributed by atoms with Gasteiger partial charge in [0.25, 0.3) is 0 Å². The highest BCUT2D eigenvalue weighted by molar-refractivity contribution is 5.75. The fourth-order valence-electron chi connectivity index (χ4n) is 2.89. The van der Waals surface area contributed by atoms with Crippen LogP contribution in [0.3, 0.4) is 0 Å². The van der Waals surface area contributed by atoms with E-state index >= 15 is 0 Å². The first kappa shape index (κ1) is 14.1. The van der Waals surface area contributed by atoms with E-state index in [1.54, 1.807) is 0 Å². The number of hydrogen-bond donors (Lipinski definition) is 0. The molecule has 0 unspecified atom stereocenters. The van der Waals surface area contributed by atoms with Crippen molar-refractivity contribution in [2.45, 2.75) is 0 Å². The molecule has 0 saturated carbocycles. The topological polar surface area (TPSA) is 92.0 Å². The van der Waals surface area contributed by atoms with Crippen LogP contribution in [-0.4, -0.2) is 93.6 Å². The molecule has 2 aromatic rings. The molecule has 0 aliphatic carbocycles. The third-order valence-electron chi connectivity index (χ3n) is 4.21. The summed E-state index contributed by atoms with van der Waals surface area (Å²) in [4.78, 5) is 18.4. The van der Waals surface area contributed by atoms with Gasteiger partial charge in [-0.15, -0.1) is 14.8 Å². The summed E-state index contributed by atoms with van der Waals surface area (Å²) in [6, 6.07) is 3.86. The van der Waals surface area contributed by atoms with E-state index < -0.39 is 0 Å². The van der Waals surface area contributed by atoms with Crippen molar-refractivity contribution < 1.29 is 9.53 Å². The Kier molecular flexibility index (Phi) is 3.66. The maximum Gasteiger partial charge on any atom is 0.320 e. The Balaban J connectivity index is 1.39. The molecule has 4 heterocycles. The Morgan fingerprint density at radius 1 is 1.00 bits per heavy atom. The van der Waals surface area contributed by atoms with Gasteiger partial charge in [-0.2, -0.15) is 0 Å². The summed E-state index contributed by atoms with van der Waals surface area (Å²) in [7, 11) is 0. The lowest BCUT2D eigenvalue weighted by Gasteiger charge is -2.38. The normalized spacial score (nSPS) is 19.4. The molecule has 2 aliphatic heterocycles. The van der Waals surface area contributed by atoms with Crippen LogP contribution >= 0.6 is 0 Å². The summed E-state index contributed by atoms with van der Waals surface area (Å²) in [5, 5.41) is 15.6. The lowest BCUT2D eigenvalue weighted by Crippen LogP contribution is -2.55. The fourth-order valence-corrected chi connectivity index (χ4v) is 2.89. The molecule has 0 atom stereocenters. The lowest BCUT2D eigenvalue weighted by atomic mass is 10.3. The molecule has 0 bridgehead atoms. The zero-order valence-corrected chi connectivity index (χ0v) is 12.7. The second-order valence-electron chi connectivity index (χ2n) is 5.57. The number of carbonyl (C=O) groups excluding carboxylic acids is 1. The van der Waals surface area contributed by atoms with Crippen molar-refractivity contribution in [2.24, 2.45) is 0 Å². The molecule has 0 aromatic carbocycles. The van der Waals surface area contributed by atoms with Gasteiger partial charge in [0.05, 0.1) is 13.2 Å². The van der Waals surface area contributed by atoms with Crippen molar-refractivity contribution in [2.75, 3.05) is 57.4 Å². The summed E-state index contributed by atoms with van der Waals surface area (Å²) >= 11 is 0. The number of urea groups is 1. The first-order chi connectivity index (χ1) is 11.3. The molecule has 10 heteroatoms. The number of morpholine rings is 1. The molecule has 0 radical (unpaired) electrons. The van der Waals surface area contributed by atoms with Gasteiger partial charge in [0.1, 0.15) is 0 Å². The molecule has 2 amide bonds. The van der Waals surface area contributed by atoms with Gasteiger partial charge in [0.15, 0.2) is 11.5 Å². The van der Waals surface area contributed by atoms with E-state index in [1.165, 1.54) is 4.63 Å². The SMILES string of the molecule is O=C(N1CCOCC1)N1CCN(c2ccc3nnnn3n2)CC1. The molecule has 23 heavy (non-hydrogen) atoms. The second kappa shape index (κ2) is 5.95. The predicted molar refractivity (Wildman–Crippen MR) is 80.2 cm³/mol. The second-order valence-corrected chi connectivity index (χ2v) is 5.57. The maximum absolute atomic E-state index is 12.5. The maximum atomic E-state index is 12.5. The number of rotatable bonds is 1. The van der Waals surface area contributed by atoms with Gasteiger partial charge in [-0.25, -0.2) is 4.79 Å². The number of aromatic nitrogens is 5. The van der Waals surface area contributed by atoms with Gasteiger partial charge >= 0.3 is 6.03 Å². The van der Waals surface area contributed by atoms with Crippen molar-refractivity contribution in [1.29, 1.82) is 0 Å². The number of nitrogens with zero attached hydrogens (tertiary/aromatic N) is 8. The summed E-state index contributed by atoms with van der Waals surface area (Å²) in [5.41, 5.74) is 0.620. The molecule has 2 saturated heterocycles. The van der Waals surface area contributed by atoms with Crippen LogP contribution < -0.4 is 4.90 Å². The van der Waals surface area contributed by atoms with Gasteiger partial charge in [-0.05, 0) is 22.6 Å². The van der Waals surface area contributed by atoms with Gasteiger partial charge in [0, 0.05) is 39.3 Å². The highest BCUT2D eigenvalue weighted by atomic mass is 16.5. The molecule has 0 spiro atoms. The quantitative estimate of drug-likeness (QED) is 0.672. The van der Waals surface area contributed by atoms with E-state index in [1.807, 2.05) is 21.9 Å². The van der Waals surface area contributed by atoms with Crippen LogP contribution in [0.1, 0.15) is 0 Å². The molecule has 0 N–H and O–H groups in total. The Labute approximate surface area is 132 Å². The summed E-state index contributed by atoms with van der Waals surface area (Å²) in [6.45, 7) is 5.47. The average molecular weight is 318 g/mol. The van der Waals surface area contributed by atoms with Crippen LogP contribution in [0.4, 0.5) is 10.6 Å². The molecular weight excluding hydrogens is 300 g/mol. The lowest BCUT2D eigenvalue weighted by molar-refractivity contribution is 0.0428. The van der Waals surface area contributed by atoms with Crippen LogP contribution in [0, 0.1) is 0 Å². The molecule has 10 nitrogen and oxygen atoms in total. The number of piperazine rings is 1. The first-order valence-electron chi connectivity index (χ1n) is 7.73. The Morgan fingerprint density at radius 3 is 2.52 bits per heavy atom. The summed E-state index contributed by atoms with van der Waals surface area (Å²) < 4.78 is 6.71. The molecule has 2 aromatic heterocycles. The summed E-state index contributed by atoms with van der Waals surface area (Å²) in [6.07, 6.45) is 0. The Bertz CT molecular complexity index is 690. The van der Waals surface area contributed by atoms with E-state index in [4.69, 9.17) is 4.74 Å². The molecular formula is C13H18N8O2. The molecule has 2 fully saturated rings. The number of amides is 2. The van der Waals surface area contributed by atoms with E-state index in [2.05, 4.69) is 25.5 Å². The van der Waals surface area contributed by atoms with Crippen LogP contribution in [0.25, 0.3) is 5.65 Å².